The molecule has 0 aliphatic carbocycles. The van der Waals surface area contributed by atoms with Crippen LogP contribution in [0.25, 0.3) is 0 Å². The van der Waals surface area contributed by atoms with Crippen molar-refractivity contribution in [1.29, 1.82) is 0 Å². The molecule has 1 aliphatic heterocycles. The van der Waals surface area contributed by atoms with Crippen LogP contribution in [0.2, 0.25) is 4.34 Å². The van der Waals surface area contributed by atoms with Gasteiger partial charge in [-0.2, -0.15) is 0 Å². The lowest BCUT2D eigenvalue weighted by Gasteiger charge is -2.36. The summed E-state index contributed by atoms with van der Waals surface area (Å²) in [5.74, 6) is 2.12. The molecule has 0 radical (unpaired) electrons. The summed E-state index contributed by atoms with van der Waals surface area (Å²) in [6, 6.07) is 14.1. The highest BCUT2D eigenvalue weighted by atomic mass is 35.5. The van der Waals surface area contributed by atoms with E-state index in [1.54, 1.807) is 11.3 Å². The molecule has 1 fully saturated rings. The van der Waals surface area contributed by atoms with Crippen LogP contribution in [0.3, 0.4) is 0 Å². The van der Waals surface area contributed by atoms with E-state index in [2.05, 4.69) is 26.2 Å². The normalized spacial score (nSPS) is 16.9. The second-order valence-corrected chi connectivity index (χ2v) is 10.1. The van der Waals surface area contributed by atoms with Gasteiger partial charge in [-0.3, -0.25) is 14.1 Å². The highest BCUT2D eigenvalue weighted by molar-refractivity contribution is 7.84. The molecule has 1 N–H and O–H groups in total. The quantitative estimate of drug-likeness (QED) is 0.533. The van der Waals surface area contributed by atoms with Gasteiger partial charge in [0.1, 0.15) is 0 Å². The van der Waals surface area contributed by atoms with Crippen molar-refractivity contribution in [1.82, 2.24) is 15.1 Å². The number of rotatable bonds is 7. The summed E-state index contributed by atoms with van der Waals surface area (Å²) in [5.41, 5.74) is 1.12. The smallest absolute Gasteiger partial charge is 0.193 e. The molecule has 28 heavy (non-hydrogen) atoms. The summed E-state index contributed by atoms with van der Waals surface area (Å²) in [6.45, 7) is 5.49. The molecule has 0 amide bonds. The Kier molecular flexibility index (Phi) is 8.33. The number of nitrogens with zero attached hydrogens (tertiary/aromatic N) is 3. The van der Waals surface area contributed by atoms with Gasteiger partial charge in [-0.1, -0.05) is 41.9 Å². The molecule has 1 aromatic heterocycles. The molecule has 3 rings (SSSR count). The number of hydrogen-bond donors (Lipinski definition) is 1. The van der Waals surface area contributed by atoms with Crippen molar-refractivity contribution in [2.75, 3.05) is 45.5 Å². The second-order valence-electron chi connectivity index (χ2n) is 6.72. The van der Waals surface area contributed by atoms with Crippen molar-refractivity contribution >= 4 is 39.7 Å². The molecular formula is C20H27ClN4OS2. The number of benzene rings is 1. The molecule has 2 heterocycles. The molecule has 2 aromatic rings. The summed E-state index contributed by atoms with van der Waals surface area (Å²) in [4.78, 5) is 10.4. The lowest BCUT2D eigenvalue weighted by molar-refractivity contribution is 0.174. The average molecular weight is 439 g/mol. The summed E-state index contributed by atoms with van der Waals surface area (Å²) in [6.07, 6.45) is 0. The molecule has 0 spiro atoms. The molecular weight excluding hydrogens is 412 g/mol. The van der Waals surface area contributed by atoms with Crippen LogP contribution in [0, 0.1) is 0 Å². The minimum atomic E-state index is -0.875. The van der Waals surface area contributed by atoms with Gasteiger partial charge in [0.25, 0.3) is 0 Å². The van der Waals surface area contributed by atoms with E-state index in [1.807, 2.05) is 43.4 Å². The molecule has 8 heteroatoms. The Balaban J connectivity index is 1.38. The van der Waals surface area contributed by atoms with Crippen LogP contribution in [0.4, 0.5) is 0 Å². The number of nitrogens with one attached hydrogen (secondary N) is 1. The highest BCUT2D eigenvalue weighted by Gasteiger charge is 2.20. The maximum atomic E-state index is 12.3. The zero-order chi connectivity index (χ0) is 19.8. The van der Waals surface area contributed by atoms with Crippen LogP contribution < -0.4 is 5.32 Å². The van der Waals surface area contributed by atoms with Crippen LogP contribution in [0.15, 0.2) is 47.5 Å². The first kappa shape index (κ1) is 21.3. The Hall–Kier alpha value is -1.41. The van der Waals surface area contributed by atoms with E-state index in [-0.39, 0.29) is 0 Å². The number of thiophene rings is 1. The summed E-state index contributed by atoms with van der Waals surface area (Å²) in [7, 11) is 0.934. The van der Waals surface area contributed by atoms with Gasteiger partial charge >= 0.3 is 0 Å². The van der Waals surface area contributed by atoms with Gasteiger partial charge in [-0.15, -0.1) is 11.3 Å². The van der Waals surface area contributed by atoms with Gasteiger partial charge in [-0.25, -0.2) is 0 Å². The zero-order valence-corrected chi connectivity index (χ0v) is 18.5. The van der Waals surface area contributed by atoms with Gasteiger partial charge in [0.15, 0.2) is 5.96 Å². The monoisotopic (exact) mass is 438 g/mol. The Morgan fingerprint density at radius 3 is 2.57 bits per heavy atom. The molecule has 0 saturated carbocycles. The van der Waals surface area contributed by atoms with Crippen molar-refractivity contribution in [3.8, 4) is 0 Å². The van der Waals surface area contributed by atoms with E-state index in [4.69, 9.17) is 11.6 Å². The van der Waals surface area contributed by atoms with Crippen LogP contribution in [-0.2, 0) is 23.1 Å². The van der Waals surface area contributed by atoms with Crippen LogP contribution >= 0.6 is 22.9 Å². The third kappa shape index (κ3) is 6.58. The number of aliphatic imine (C=N–C) groups is 1. The Morgan fingerprint density at radius 1 is 1.18 bits per heavy atom. The number of piperazine rings is 1. The fourth-order valence-electron chi connectivity index (χ4n) is 3.22. The summed E-state index contributed by atoms with van der Waals surface area (Å²) >= 11 is 7.68. The van der Waals surface area contributed by atoms with Gasteiger partial charge in [0, 0.05) is 73.5 Å². The SMILES string of the molecule is CN=C(NCCS(=O)Cc1ccccc1)N1CCN(Cc2ccc(Cl)s2)CC1. The maximum Gasteiger partial charge on any atom is 0.193 e. The van der Waals surface area contributed by atoms with E-state index in [0.717, 1.165) is 48.6 Å². The van der Waals surface area contributed by atoms with Crippen LogP contribution in [-0.4, -0.2) is 65.5 Å². The fourth-order valence-corrected chi connectivity index (χ4v) is 5.38. The summed E-state index contributed by atoms with van der Waals surface area (Å²) in [5, 5.41) is 3.37. The third-order valence-corrected chi connectivity index (χ3v) is 7.21. The van der Waals surface area contributed by atoms with Gasteiger partial charge in [0.2, 0.25) is 0 Å². The molecule has 1 saturated heterocycles. The maximum absolute atomic E-state index is 12.3. The van der Waals surface area contributed by atoms with E-state index in [9.17, 15) is 4.21 Å². The van der Waals surface area contributed by atoms with Crippen molar-refractivity contribution in [3.63, 3.8) is 0 Å². The minimum absolute atomic E-state index is 0.604. The highest BCUT2D eigenvalue weighted by Crippen LogP contribution is 2.23. The van der Waals surface area contributed by atoms with Crippen molar-refractivity contribution in [2.24, 2.45) is 4.99 Å². The fraction of sp³-hybridized carbons (Fsp3) is 0.450. The van der Waals surface area contributed by atoms with Crippen molar-refractivity contribution in [3.05, 3.63) is 57.2 Å². The van der Waals surface area contributed by atoms with Crippen LogP contribution in [0.1, 0.15) is 10.4 Å². The Morgan fingerprint density at radius 2 is 1.93 bits per heavy atom. The molecule has 1 aliphatic rings. The molecule has 1 atom stereocenters. The summed E-state index contributed by atoms with van der Waals surface area (Å²) < 4.78 is 13.1. The molecule has 5 nitrogen and oxygen atoms in total. The largest absolute Gasteiger partial charge is 0.355 e. The predicted octanol–water partition coefficient (Wildman–Crippen LogP) is 3.04. The lowest BCUT2D eigenvalue weighted by Crippen LogP contribution is -2.52. The first-order valence-electron chi connectivity index (χ1n) is 9.45. The van der Waals surface area contributed by atoms with Crippen LogP contribution in [0.5, 0.6) is 0 Å². The topological polar surface area (TPSA) is 47.9 Å². The van der Waals surface area contributed by atoms with Gasteiger partial charge < -0.3 is 10.2 Å². The number of guanidine groups is 1. The standard InChI is InChI=1S/C20H27ClN4OS2/c1-22-20(23-9-14-28(26)16-17-5-3-2-4-6-17)25-12-10-24(11-13-25)15-18-7-8-19(21)27-18/h2-8H,9-16H2,1H3,(H,22,23). The lowest BCUT2D eigenvalue weighted by atomic mass is 10.2. The zero-order valence-electron chi connectivity index (χ0n) is 16.1. The predicted molar refractivity (Wildman–Crippen MR) is 121 cm³/mol. The minimum Gasteiger partial charge on any atom is -0.355 e. The van der Waals surface area contributed by atoms with E-state index in [1.165, 1.54) is 4.88 Å². The first-order chi connectivity index (χ1) is 13.6. The van der Waals surface area contributed by atoms with Gasteiger partial charge in [-0.05, 0) is 17.7 Å². The molecule has 1 aromatic carbocycles. The Bertz CT molecular complexity index is 789. The van der Waals surface area contributed by atoms with Gasteiger partial charge in [0.05, 0.1) is 4.34 Å². The van der Waals surface area contributed by atoms with Crippen molar-refractivity contribution in [2.45, 2.75) is 12.3 Å². The molecule has 1 unspecified atom stereocenters. The van der Waals surface area contributed by atoms with E-state index >= 15 is 0 Å². The average Bonchev–Trinajstić information content (AvgIpc) is 3.11. The second kappa shape index (κ2) is 11.0. The Labute approximate surface area is 178 Å². The van der Waals surface area contributed by atoms with Crippen molar-refractivity contribution < 1.29 is 4.21 Å². The first-order valence-corrected chi connectivity index (χ1v) is 12.1. The van der Waals surface area contributed by atoms with E-state index < -0.39 is 10.8 Å². The molecule has 152 valence electrons. The third-order valence-electron chi connectivity index (χ3n) is 4.68. The molecule has 0 bridgehead atoms. The van der Waals surface area contributed by atoms with E-state index in [0.29, 0.717) is 18.1 Å². The number of halogens is 1. The number of hydrogen-bond acceptors (Lipinski definition) is 4.